The first-order chi connectivity index (χ1) is 19.0. The summed E-state index contributed by atoms with van der Waals surface area (Å²) in [5.74, 6) is 2.38. The standard InChI is InChI=1S/C33H40N2O4S/c1-19-7-9-25(14-23-16-33(15-19,20(23)2)31(36)39-32(4,5)6)38-29-12-11-27-26-10-8-22(28-17-34-21(3)40-28)13-24(26)18-37-30(27)35-29/h8,10-13,17,19-20,23,25H,7,9,14-16,18H2,1-6H3/t19-,20?,23+,25+,33-/m0/s1. The van der Waals surface area contributed by atoms with Gasteiger partial charge in [0.15, 0.2) is 0 Å². The van der Waals surface area contributed by atoms with Crippen molar-refractivity contribution >= 4 is 17.3 Å². The lowest BCUT2D eigenvalue weighted by Crippen LogP contribution is -2.54. The first-order valence-corrected chi connectivity index (χ1v) is 15.4. The number of benzene rings is 1. The molecule has 212 valence electrons. The topological polar surface area (TPSA) is 70.5 Å². The van der Waals surface area contributed by atoms with Crippen LogP contribution in [-0.2, 0) is 16.1 Å². The Kier molecular flexibility index (Phi) is 6.92. The van der Waals surface area contributed by atoms with Crippen LogP contribution >= 0.6 is 11.3 Å². The lowest BCUT2D eigenvalue weighted by atomic mass is 9.51. The molecule has 0 N–H and O–H groups in total. The molecule has 2 aromatic heterocycles. The minimum absolute atomic E-state index is 0.0157. The first-order valence-electron chi connectivity index (χ1n) is 14.6. The quantitative estimate of drug-likeness (QED) is 0.301. The number of fused-ring (bicyclic) bond motifs is 8. The molecule has 1 aliphatic heterocycles. The molecule has 7 rings (SSSR count). The van der Waals surface area contributed by atoms with Gasteiger partial charge in [0.1, 0.15) is 18.3 Å². The highest BCUT2D eigenvalue weighted by molar-refractivity contribution is 7.15. The maximum atomic E-state index is 13.3. The number of esters is 1. The Hall–Kier alpha value is -2.93. The van der Waals surface area contributed by atoms with Gasteiger partial charge < -0.3 is 14.2 Å². The number of hydrogen-bond acceptors (Lipinski definition) is 7. The number of thiazole rings is 1. The van der Waals surface area contributed by atoms with Crippen molar-refractivity contribution in [1.82, 2.24) is 9.97 Å². The van der Waals surface area contributed by atoms with E-state index >= 15 is 0 Å². The highest BCUT2D eigenvalue weighted by Gasteiger charge is 2.58. The molecule has 3 aromatic rings. The monoisotopic (exact) mass is 560 g/mol. The van der Waals surface area contributed by atoms with Crippen LogP contribution in [0.15, 0.2) is 36.5 Å². The van der Waals surface area contributed by atoms with E-state index in [2.05, 4.69) is 43.1 Å². The third kappa shape index (κ3) is 5.13. The maximum Gasteiger partial charge on any atom is 0.312 e. The average molecular weight is 561 g/mol. The summed E-state index contributed by atoms with van der Waals surface area (Å²) in [7, 11) is 0. The van der Waals surface area contributed by atoms with Crippen LogP contribution < -0.4 is 9.47 Å². The lowest BCUT2D eigenvalue weighted by Gasteiger charge is -2.53. The number of carbonyl (C=O) groups excluding carboxylic acids is 1. The second-order valence-corrected chi connectivity index (χ2v) is 14.4. The Balaban J connectivity index is 1.17. The van der Waals surface area contributed by atoms with Crippen LogP contribution in [-0.4, -0.2) is 27.6 Å². The molecular formula is C33H40N2O4S. The highest BCUT2D eigenvalue weighted by Crippen LogP contribution is 2.58. The van der Waals surface area contributed by atoms with Crippen LogP contribution in [0.2, 0.25) is 0 Å². The molecule has 0 saturated heterocycles. The van der Waals surface area contributed by atoms with Gasteiger partial charge in [-0.3, -0.25) is 4.79 Å². The van der Waals surface area contributed by atoms with Gasteiger partial charge in [0.2, 0.25) is 11.8 Å². The van der Waals surface area contributed by atoms with Gasteiger partial charge in [0.05, 0.1) is 15.3 Å². The van der Waals surface area contributed by atoms with E-state index in [9.17, 15) is 4.79 Å². The summed E-state index contributed by atoms with van der Waals surface area (Å²) < 4.78 is 18.6. The third-order valence-corrected chi connectivity index (χ3v) is 10.0. The number of pyridine rings is 1. The minimum atomic E-state index is -0.465. The molecule has 3 heterocycles. The van der Waals surface area contributed by atoms with E-state index in [1.54, 1.807) is 11.3 Å². The van der Waals surface area contributed by atoms with Gasteiger partial charge in [-0.1, -0.05) is 26.0 Å². The smallest absolute Gasteiger partial charge is 0.312 e. The predicted octanol–water partition coefficient (Wildman–Crippen LogP) is 8.01. The van der Waals surface area contributed by atoms with Gasteiger partial charge in [-0.2, -0.15) is 4.98 Å². The number of aromatic nitrogens is 2. The Labute approximate surface area is 241 Å². The van der Waals surface area contributed by atoms with Crippen molar-refractivity contribution in [1.29, 1.82) is 0 Å². The predicted molar refractivity (Wildman–Crippen MR) is 157 cm³/mol. The molecule has 2 bridgehead atoms. The summed E-state index contributed by atoms with van der Waals surface area (Å²) >= 11 is 1.70. The molecule has 40 heavy (non-hydrogen) atoms. The van der Waals surface area contributed by atoms with Gasteiger partial charge in [-0.05, 0) is 106 Å². The number of aryl methyl sites for hydroxylation is 1. The minimum Gasteiger partial charge on any atom is -0.474 e. The van der Waals surface area contributed by atoms with E-state index < -0.39 is 5.60 Å². The zero-order chi connectivity index (χ0) is 28.2. The summed E-state index contributed by atoms with van der Waals surface area (Å²) in [6.45, 7) is 12.9. The van der Waals surface area contributed by atoms with Crippen molar-refractivity contribution in [3.05, 3.63) is 47.1 Å². The van der Waals surface area contributed by atoms with Crippen LogP contribution in [0.1, 0.15) is 77.3 Å². The molecule has 0 radical (unpaired) electrons. The molecule has 6 nitrogen and oxygen atoms in total. The van der Waals surface area contributed by atoms with Crippen molar-refractivity contribution < 1.29 is 19.0 Å². The number of ether oxygens (including phenoxy) is 3. The molecular weight excluding hydrogens is 520 g/mol. The molecule has 1 unspecified atom stereocenters. The van der Waals surface area contributed by atoms with E-state index in [4.69, 9.17) is 19.2 Å². The second-order valence-electron chi connectivity index (χ2n) is 13.2. The number of hydrogen-bond donors (Lipinski definition) is 0. The largest absolute Gasteiger partial charge is 0.474 e. The molecule has 3 fully saturated rings. The number of rotatable bonds is 4. The summed E-state index contributed by atoms with van der Waals surface area (Å²) in [5.41, 5.74) is 3.65. The highest BCUT2D eigenvalue weighted by atomic mass is 32.1. The summed E-state index contributed by atoms with van der Waals surface area (Å²) in [6, 6.07) is 10.6. The van der Waals surface area contributed by atoms with E-state index in [0.717, 1.165) is 53.8 Å². The number of nitrogens with zero attached hydrogens (tertiary/aromatic N) is 2. The Morgan fingerprint density at radius 1 is 1.10 bits per heavy atom. The van der Waals surface area contributed by atoms with Crippen molar-refractivity contribution in [2.24, 2.45) is 23.2 Å². The summed E-state index contributed by atoms with van der Waals surface area (Å²) in [6.07, 6.45) is 6.68. The van der Waals surface area contributed by atoms with Crippen molar-refractivity contribution in [2.75, 3.05) is 0 Å². The zero-order valence-corrected chi connectivity index (χ0v) is 25.3. The normalized spacial score (nSPS) is 27.6. The van der Waals surface area contributed by atoms with Gasteiger partial charge >= 0.3 is 5.97 Å². The van der Waals surface area contributed by atoms with Crippen molar-refractivity contribution in [3.8, 4) is 33.3 Å². The lowest BCUT2D eigenvalue weighted by molar-refractivity contribution is -0.189. The van der Waals surface area contributed by atoms with Crippen LogP contribution in [0.3, 0.4) is 0 Å². The van der Waals surface area contributed by atoms with Gasteiger partial charge in [0, 0.05) is 17.8 Å². The third-order valence-electron chi connectivity index (χ3n) is 9.06. The molecule has 1 aromatic carbocycles. The fourth-order valence-corrected chi connectivity index (χ4v) is 7.69. The van der Waals surface area contributed by atoms with Gasteiger partial charge in [0.25, 0.3) is 0 Å². The zero-order valence-electron chi connectivity index (χ0n) is 24.5. The maximum absolute atomic E-state index is 13.3. The SMILES string of the molecule is Cc1ncc(-c2ccc3c(c2)COc2nc(O[C@@H]4CC[C@H](C)C[C@]5(C(=O)OC(C)(C)C)C[C@@H](C4)C5C)ccc2-3)s1. The molecule has 3 aliphatic carbocycles. The van der Waals surface area contributed by atoms with E-state index in [1.165, 1.54) is 10.4 Å². The fraction of sp³-hybridized carbons (Fsp3) is 0.545. The fourth-order valence-electron chi connectivity index (χ4n) is 6.91. The van der Waals surface area contributed by atoms with E-state index in [-0.39, 0.29) is 23.4 Å². The van der Waals surface area contributed by atoms with Gasteiger partial charge in [-0.15, -0.1) is 11.3 Å². The average Bonchev–Trinajstić information content (AvgIpc) is 3.38. The van der Waals surface area contributed by atoms with E-state index in [0.29, 0.717) is 30.2 Å². The first kappa shape index (κ1) is 27.3. The van der Waals surface area contributed by atoms with Crippen LogP contribution in [0.5, 0.6) is 11.8 Å². The van der Waals surface area contributed by atoms with Crippen LogP contribution in [0, 0.1) is 30.1 Å². The molecule has 0 spiro atoms. The van der Waals surface area contributed by atoms with Crippen LogP contribution in [0.4, 0.5) is 0 Å². The Bertz CT molecular complexity index is 1430. The Morgan fingerprint density at radius 3 is 2.62 bits per heavy atom. The summed E-state index contributed by atoms with van der Waals surface area (Å²) in [5, 5.41) is 1.06. The molecule has 3 saturated carbocycles. The number of carbonyl (C=O) groups is 1. The van der Waals surface area contributed by atoms with Gasteiger partial charge in [-0.25, -0.2) is 4.98 Å². The Morgan fingerprint density at radius 2 is 1.90 bits per heavy atom. The second kappa shape index (κ2) is 10.2. The molecule has 4 aliphatic rings. The molecule has 7 heteroatoms. The molecule has 0 amide bonds. The molecule has 5 atom stereocenters. The van der Waals surface area contributed by atoms with E-state index in [1.807, 2.05) is 40.0 Å². The van der Waals surface area contributed by atoms with Crippen molar-refractivity contribution in [2.45, 2.75) is 92.0 Å². The van der Waals surface area contributed by atoms with Crippen LogP contribution in [0.25, 0.3) is 21.6 Å². The van der Waals surface area contributed by atoms with Crippen molar-refractivity contribution in [3.63, 3.8) is 0 Å². The summed E-state index contributed by atoms with van der Waals surface area (Å²) in [4.78, 5) is 23.7.